The molecule has 0 saturated heterocycles. The number of nitrogens with one attached hydrogen (secondary N) is 1. The molecule has 0 unspecified atom stereocenters. The largest absolute Gasteiger partial charge is 0.490 e. The van der Waals surface area contributed by atoms with Crippen LogP contribution in [0.15, 0.2) is 71.6 Å². The number of sulfonamides is 1. The maximum absolute atomic E-state index is 13.4. The predicted octanol–water partition coefficient (Wildman–Crippen LogP) is 4.73. The van der Waals surface area contributed by atoms with Crippen molar-refractivity contribution in [1.29, 1.82) is 0 Å². The molecule has 0 atom stereocenters. The van der Waals surface area contributed by atoms with Gasteiger partial charge in [-0.3, -0.25) is 4.72 Å². The lowest BCUT2D eigenvalue weighted by Crippen LogP contribution is -2.21. The molecule has 0 aromatic heterocycles. The van der Waals surface area contributed by atoms with Crippen LogP contribution in [0.2, 0.25) is 0 Å². The van der Waals surface area contributed by atoms with Crippen molar-refractivity contribution in [3.05, 3.63) is 89.5 Å². The Morgan fingerprint density at radius 3 is 2.03 bits per heavy atom. The van der Waals surface area contributed by atoms with Crippen molar-refractivity contribution >= 4 is 33.3 Å². The first kappa shape index (κ1) is 29.0. The zero-order valence-electron chi connectivity index (χ0n) is 18.8. The number of hydrogen-bond acceptors (Lipinski definition) is 5. The minimum absolute atomic E-state index is 0.0194. The summed E-state index contributed by atoms with van der Waals surface area (Å²) in [5.74, 6) is -6.47. The van der Waals surface area contributed by atoms with Gasteiger partial charge in [0.15, 0.2) is 11.6 Å². The van der Waals surface area contributed by atoms with E-state index in [2.05, 4.69) is 4.72 Å². The molecule has 0 saturated carbocycles. The molecule has 37 heavy (non-hydrogen) atoms. The Kier molecular flexibility index (Phi) is 9.17. The first-order valence-corrected chi connectivity index (χ1v) is 11.5. The number of nitrogens with zero attached hydrogens (tertiary/aromatic N) is 1. The molecule has 0 aliphatic heterocycles. The lowest BCUT2D eigenvalue weighted by Gasteiger charge is -2.22. The van der Waals surface area contributed by atoms with Crippen LogP contribution in [0.4, 0.5) is 33.3 Å². The maximum Gasteiger partial charge on any atom is 0.490 e. The van der Waals surface area contributed by atoms with E-state index in [9.17, 15) is 40.3 Å². The predicted molar refractivity (Wildman–Crippen MR) is 123 cm³/mol. The Bertz CT molecular complexity index is 1380. The standard InChI is InChI=1S/C21H18F2N2O4S.C2HF3O2/c1-25(13-14-5-3-2-4-6-14)20-10-7-15(11-17(20)21(26)27)24-30(28,29)16-8-9-18(22)19(23)12-16;3-2(4,5)1(6)7/h2-12,24H,13H2,1H3,(H,26,27);(H,6,7). The minimum atomic E-state index is -5.08. The highest BCUT2D eigenvalue weighted by atomic mass is 32.2. The molecule has 3 N–H and O–H groups in total. The van der Waals surface area contributed by atoms with E-state index in [-0.39, 0.29) is 11.3 Å². The van der Waals surface area contributed by atoms with Crippen LogP contribution >= 0.6 is 0 Å². The number of alkyl halides is 3. The maximum atomic E-state index is 13.4. The second kappa shape index (κ2) is 11.7. The van der Waals surface area contributed by atoms with Crippen molar-refractivity contribution in [2.24, 2.45) is 0 Å². The molecule has 0 fully saturated rings. The zero-order valence-corrected chi connectivity index (χ0v) is 19.6. The monoisotopic (exact) mass is 546 g/mol. The Morgan fingerprint density at radius 2 is 1.51 bits per heavy atom. The summed E-state index contributed by atoms with van der Waals surface area (Å²) in [7, 11) is -2.52. The van der Waals surface area contributed by atoms with Gasteiger partial charge >= 0.3 is 18.1 Å². The van der Waals surface area contributed by atoms with E-state index >= 15 is 0 Å². The highest BCUT2D eigenvalue weighted by molar-refractivity contribution is 7.92. The van der Waals surface area contributed by atoms with Gasteiger partial charge in [0.1, 0.15) is 0 Å². The number of halogens is 5. The van der Waals surface area contributed by atoms with E-state index in [1.165, 1.54) is 18.2 Å². The van der Waals surface area contributed by atoms with E-state index in [0.717, 1.165) is 11.6 Å². The highest BCUT2D eigenvalue weighted by Gasteiger charge is 2.38. The van der Waals surface area contributed by atoms with Crippen LogP contribution < -0.4 is 9.62 Å². The van der Waals surface area contributed by atoms with Gasteiger partial charge in [0, 0.05) is 19.3 Å². The molecule has 0 radical (unpaired) electrons. The van der Waals surface area contributed by atoms with Crippen LogP contribution in [0.5, 0.6) is 0 Å². The Balaban J connectivity index is 0.000000604. The fourth-order valence-electron chi connectivity index (χ4n) is 2.90. The fraction of sp³-hybridized carbons (Fsp3) is 0.130. The summed E-state index contributed by atoms with van der Waals surface area (Å²) in [6, 6.07) is 15.7. The molecule has 8 nitrogen and oxygen atoms in total. The number of hydrogen-bond donors (Lipinski definition) is 3. The molecule has 14 heteroatoms. The van der Waals surface area contributed by atoms with Gasteiger partial charge in [-0.05, 0) is 42.0 Å². The van der Waals surface area contributed by atoms with Crippen LogP contribution in [-0.4, -0.2) is 43.8 Å². The van der Waals surface area contributed by atoms with Crippen molar-refractivity contribution in [2.45, 2.75) is 17.6 Å². The van der Waals surface area contributed by atoms with Gasteiger partial charge in [0.05, 0.1) is 16.1 Å². The van der Waals surface area contributed by atoms with Crippen molar-refractivity contribution in [2.75, 3.05) is 16.7 Å². The summed E-state index contributed by atoms with van der Waals surface area (Å²) >= 11 is 0. The first-order chi connectivity index (χ1) is 17.1. The van der Waals surface area contributed by atoms with Crippen LogP contribution in [0.3, 0.4) is 0 Å². The van der Waals surface area contributed by atoms with Crippen LogP contribution in [0, 0.1) is 11.6 Å². The Hall–Kier alpha value is -4.20. The summed E-state index contributed by atoms with van der Waals surface area (Å²) in [6.45, 7) is 0.445. The molecular weight excluding hydrogens is 527 g/mol. The molecule has 0 spiro atoms. The van der Waals surface area contributed by atoms with Crippen molar-refractivity contribution in [3.63, 3.8) is 0 Å². The number of anilines is 2. The van der Waals surface area contributed by atoms with Crippen molar-refractivity contribution < 1.29 is 50.2 Å². The molecule has 0 aliphatic carbocycles. The van der Waals surface area contributed by atoms with E-state index in [4.69, 9.17) is 9.90 Å². The zero-order chi connectivity index (χ0) is 28.0. The number of aliphatic carboxylic acids is 1. The third-order valence-corrected chi connectivity index (χ3v) is 5.98. The topological polar surface area (TPSA) is 124 Å². The second-order valence-electron chi connectivity index (χ2n) is 7.36. The number of carboxylic acids is 2. The Morgan fingerprint density at radius 1 is 0.919 bits per heavy atom. The summed E-state index contributed by atoms with van der Waals surface area (Å²) < 4.78 is 85.3. The number of carbonyl (C=O) groups is 2. The second-order valence-corrected chi connectivity index (χ2v) is 9.05. The van der Waals surface area contributed by atoms with E-state index in [0.29, 0.717) is 24.4 Å². The van der Waals surface area contributed by atoms with Crippen molar-refractivity contribution in [1.82, 2.24) is 0 Å². The average Bonchev–Trinajstić information content (AvgIpc) is 2.80. The Labute approximate surface area is 207 Å². The fourth-order valence-corrected chi connectivity index (χ4v) is 3.97. The number of rotatable bonds is 7. The lowest BCUT2D eigenvalue weighted by atomic mass is 10.1. The SMILES string of the molecule is CN(Cc1ccccc1)c1ccc(NS(=O)(=O)c2ccc(F)c(F)c2)cc1C(=O)O.O=C(O)C(F)(F)F. The number of benzene rings is 3. The van der Waals surface area contributed by atoms with Crippen LogP contribution in [-0.2, 0) is 21.4 Å². The first-order valence-electron chi connectivity index (χ1n) is 10.0. The third-order valence-electron chi connectivity index (χ3n) is 4.60. The molecule has 3 aromatic carbocycles. The molecule has 0 amide bonds. The number of carboxylic acid groups (broad SMARTS) is 2. The third kappa shape index (κ3) is 8.17. The van der Waals surface area contributed by atoms with Crippen LogP contribution in [0.1, 0.15) is 15.9 Å². The lowest BCUT2D eigenvalue weighted by molar-refractivity contribution is -0.192. The molecule has 0 aliphatic rings. The van der Waals surface area contributed by atoms with Gasteiger partial charge in [0.2, 0.25) is 0 Å². The van der Waals surface area contributed by atoms with Gasteiger partial charge in [-0.15, -0.1) is 0 Å². The van der Waals surface area contributed by atoms with Gasteiger partial charge < -0.3 is 15.1 Å². The molecule has 0 heterocycles. The summed E-state index contributed by atoms with van der Waals surface area (Å²) in [4.78, 5) is 21.9. The van der Waals surface area contributed by atoms with E-state index in [1.54, 1.807) is 11.9 Å². The van der Waals surface area contributed by atoms with Gasteiger partial charge in [-0.1, -0.05) is 30.3 Å². The molecule has 198 valence electrons. The number of aromatic carboxylic acids is 1. The quantitative estimate of drug-likeness (QED) is 0.366. The average molecular weight is 546 g/mol. The molecule has 3 rings (SSSR count). The van der Waals surface area contributed by atoms with E-state index < -0.39 is 44.7 Å². The van der Waals surface area contributed by atoms with Gasteiger partial charge in [0.25, 0.3) is 10.0 Å². The molecular formula is C23H19F5N2O6S. The smallest absolute Gasteiger partial charge is 0.478 e. The van der Waals surface area contributed by atoms with Gasteiger partial charge in [-0.2, -0.15) is 13.2 Å². The van der Waals surface area contributed by atoms with Gasteiger partial charge in [-0.25, -0.2) is 26.8 Å². The van der Waals surface area contributed by atoms with E-state index in [1.807, 2.05) is 30.3 Å². The summed E-state index contributed by atoms with van der Waals surface area (Å²) in [6.07, 6.45) is -5.08. The van der Waals surface area contributed by atoms with Crippen molar-refractivity contribution in [3.8, 4) is 0 Å². The normalized spacial score (nSPS) is 11.2. The molecule has 0 bridgehead atoms. The minimum Gasteiger partial charge on any atom is -0.478 e. The summed E-state index contributed by atoms with van der Waals surface area (Å²) in [5, 5.41) is 16.7. The molecule has 3 aromatic rings. The summed E-state index contributed by atoms with van der Waals surface area (Å²) in [5.41, 5.74) is 1.23. The van der Waals surface area contributed by atoms with Crippen LogP contribution in [0.25, 0.3) is 0 Å². The highest BCUT2D eigenvalue weighted by Crippen LogP contribution is 2.27.